The number of piperidine rings is 1. The van der Waals surface area contributed by atoms with E-state index in [0.29, 0.717) is 48.6 Å². The number of ketones is 2. The number of aromatic nitrogens is 1. The number of Topliss-reactive ketones (excluding diaryl/α,β-unsaturated/α-hetero) is 2. The summed E-state index contributed by atoms with van der Waals surface area (Å²) in [5.74, 6) is -12.1. The Morgan fingerprint density at radius 1 is 1.11 bits per heavy atom. The van der Waals surface area contributed by atoms with Crippen LogP contribution in [0.2, 0.25) is 0 Å². The van der Waals surface area contributed by atoms with Crippen molar-refractivity contribution in [3.63, 3.8) is 0 Å². The molecule has 2 bridgehead atoms. The number of phenols is 2. The lowest BCUT2D eigenvalue weighted by Crippen LogP contribution is -2.64. The molecule has 4 saturated heterocycles. The van der Waals surface area contributed by atoms with Gasteiger partial charge in [0.25, 0.3) is 11.7 Å². The summed E-state index contributed by atoms with van der Waals surface area (Å²) in [5, 5.41) is 52.0. The third kappa shape index (κ3) is 7.62. The number of fused-ring (bicyclic) bond motifs is 5. The van der Waals surface area contributed by atoms with Crippen LogP contribution in [0.1, 0.15) is 48.7 Å². The van der Waals surface area contributed by atoms with Crippen molar-refractivity contribution in [2.45, 2.75) is 55.4 Å². The zero-order valence-corrected chi connectivity index (χ0v) is 31.1. The first-order chi connectivity index (χ1) is 26.4. The number of carboxylic acid groups (broad SMARTS) is 3. The largest absolute Gasteiger partial charge is 0.504 e. The lowest BCUT2D eigenvalue weighted by Gasteiger charge is -2.52. The maximum Gasteiger partial charge on any atom is 0.352 e. The molecular formula is C34H36FN6O13S2+. The number of amides is 2. The Labute approximate surface area is 324 Å². The van der Waals surface area contributed by atoms with E-state index in [1.54, 1.807) is 6.92 Å². The number of carbonyl (C=O) groups excluding carboxylic acids is 4. The fourth-order valence-electron chi connectivity index (χ4n) is 7.54. The van der Waals surface area contributed by atoms with E-state index in [0.717, 1.165) is 22.3 Å². The first kappa shape index (κ1) is 40.1. The van der Waals surface area contributed by atoms with Crippen molar-refractivity contribution >= 4 is 75.2 Å². The van der Waals surface area contributed by atoms with Gasteiger partial charge in [0.2, 0.25) is 12.0 Å². The van der Waals surface area contributed by atoms with Gasteiger partial charge < -0.3 is 45.5 Å². The summed E-state index contributed by atoms with van der Waals surface area (Å²) in [6.45, 7) is 3.53. The Balaban J connectivity index is 1.19. The predicted molar refractivity (Wildman–Crippen MR) is 192 cm³/mol. The Hall–Kier alpha value is -5.61. The van der Waals surface area contributed by atoms with Crippen LogP contribution in [-0.4, -0.2) is 147 Å². The second kappa shape index (κ2) is 15.5. The van der Waals surface area contributed by atoms with E-state index >= 15 is 0 Å². The number of nitrogens with zero attached hydrogens (tertiary/aromatic N) is 5. The summed E-state index contributed by atoms with van der Waals surface area (Å²) in [6.07, 6.45) is -2.45. The number of phenolic OH excluding ortho intramolecular Hbond substituents is 2. The van der Waals surface area contributed by atoms with Crippen molar-refractivity contribution < 1.29 is 72.8 Å². The molecule has 5 aliphatic heterocycles. The predicted octanol–water partition coefficient (Wildman–Crippen LogP) is 0.846. The molecule has 0 aliphatic carbocycles. The molecule has 298 valence electrons. The van der Waals surface area contributed by atoms with Gasteiger partial charge in [0.05, 0.1) is 43.9 Å². The number of nitrogens with two attached hydrogens (primary N) is 1. The maximum absolute atomic E-state index is 14.1. The molecule has 7 rings (SSSR count). The van der Waals surface area contributed by atoms with Crippen LogP contribution in [0.25, 0.3) is 0 Å². The molecule has 5 aliphatic rings. The van der Waals surface area contributed by atoms with Gasteiger partial charge in [0, 0.05) is 47.1 Å². The first-order valence-corrected chi connectivity index (χ1v) is 19.0. The number of nitrogen functional groups attached to an aromatic ring is 1. The number of oxime groups is 1. The van der Waals surface area contributed by atoms with Gasteiger partial charge in [-0.05, 0) is 19.1 Å². The number of carboxylic acids is 3. The lowest BCUT2D eigenvalue weighted by molar-refractivity contribution is -0.925. The van der Waals surface area contributed by atoms with Crippen LogP contribution in [0.3, 0.4) is 0 Å². The maximum atomic E-state index is 14.1. The quantitative estimate of drug-likeness (QED) is 0.0293. The molecule has 0 unspecified atom stereocenters. The highest BCUT2D eigenvalue weighted by Crippen LogP contribution is 2.49. The Kier molecular flexibility index (Phi) is 11.1. The highest BCUT2D eigenvalue weighted by molar-refractivity contribution is 8.00. The summed E-state index contributed by atoms with van der Waals surface area (Å²) in [5.41, 5.74) is 4.98. The molecule has 2 aromatic rings. The summed E-state index contributed by atoms with van der Waals surface area (Å²) < 4.78 is 14.4. The first-order valence-electron chi connectivity index (χ1n) is 17.2. The average molecular weight is 820 g/mol. The molecule has 4 fully saturated rings. The normalized spacial score (nSPS) is 25.2. The van der Waals surface area contributed by atoms with E-state index in [2.05, 4.69) is 10.1 Å². The number of aromatic hydroxyl groups is 2. The van der Waals surface area contributed by atoms with Crippen molar-refractivity contribution in [1.82, 2.24) is 14.8 Å². The molecule has 0 radical (unpaired) electrons. The number of β-lactam (4-membered cyclic amide) rings is 1. The highest BCUT2D eigenvalue weighted by Gasteiger charge is 2.57. The third-order valence-corrected chi connectivity index (χ3v) is 12.7. The number of anilines is 1. The van der Waals surface area contributed by atoms with E-state index in [-0.39, 0.29) is 35.7 Å². The fourth-order valence-corrected chi connectivity index (χ4v) is 9.59. The van der Waals surface area contributed by atoms with Gasteiger partial charge in [0.1, 0.15) is 17.9 Å². The molecule has 6 heterocycles. The number of aliphatic carboxylic acids is 3. The Morgan fingerprint density at radius 3 is 2.39 bits per heavy atom. The number of carbonyl (C=O) groups is 7. The van der Waals surface area contributed by atoms with E-state index < -0.39 is 105 Å². The minimum absolute atomic E-state index is 0.0341. The zero-order valence-electron chi connectivity index (χ0n) is 29.5. The average Bonchev–Trinajstić information content (AvgIpc) is 3.39. The van der Waals surface area contributed by atoms with Crippen LogP contribution >= 0.6 is 23.1 Å². The van der Waals surface area contributed by atoms with Crippen LogP contribution in [0, 0.1) is 11.7 Å². The van der Waals surface area contributed by atoms with Crippen molar-refractivity contribution in [2.24, 2.45) is 11.1 Å². The number of hydrogen-bond acceptors (Lipinski definition) is 15. The van der Waals surface area contributed by atoms with Crippen LogP contribution < -0.4 is 5.73 Å². The van der Waals surface area contributed by atoms with Crippen LogP contribution in [0.5, 0.6) is 11.5 Å². The molecular weight excluding hydrogens is 784 g/mol. The second-order valence-corrected chi connectivity index (χ2v) is 16.2. The molecule has 19 nitrogen and oxygen atoms in total. The molecule has 0 saturated carbocycles. The summed E-state index contributed by atoms with van der Waals surface area (Å²) in [7, 11) is 0. The van der Waals surface area contributed by atoms with Crippen LogP contribution in [0.15, 0.2) is 33.9 Å². The standard InChI is InChI=1S/C34H35FN6O13S2/c1-14-18(12-41-5-2-16(3-6-41)39(4-7-41)30(49)27(46)15-8-19(35)28(47)22(43)9-15)26(33(52)53)40-29(48)17(31(40)56-14)10-21(42)25(20-13-55-34(36)37-20)38-54-23(32(50)51)11-24(44)45/h8-9,13-14,16-17,23,31H,2-7,10-12H2,1H3,(H6-,36,37,38,42,43,44,45,46,47,49,50,51,52,53)/p+1/t14-,16?,17+,23-,31+,41?/m0/s1. The van der Waals surface area contributed by atoms with Gasteiger partial charge in [-0.2, -0.15) is 0 Å². The lowest BCUT2D eigenvalue weighted by atomic mass is 9.88. The monoisotopic (exact) mass is 819 g/mol. The zero-order chi connectivity index (χ0) is 40.8. The van der Waals surface area contributed by atoms with Gasteiger partial charge in [-0.15, -0.1) is 23.1 Å². The number of halogens is 1. The van der Waals surface area contributed by atoms with Gasteiger partial charge >= 0.3 is 17.9 Å². The summed E-state index contributed by atoms with van der Waals surface area (Å²) >= 11 is 2.22. The smallest absolute Gasteiger partial charge is 0.352 e. The molecule has 0 spiro atoms. The van der Waals surface area contributed by atoms with E-state index in [4.69, 9.17) is 15.7 Å². The highest BCUT2D eigenvalue weighted by atomic mass is 32.2. The Morgan fingerprint density at radius 2 is 1.80 bits per heavy atom. The van der Waals surface area contributed by atoms with Crippen molar-refractivity contribution in [3.05, 3.63) is 45.9 Å². The van der Waals surface area contributed by atoms with Crippen molar-refractivity contribution in [1.29, 1.82) is 0 Å². The number of hydrogen-bond donors (Lipinski definition) is 6. The molecule has 4 atom stereocenters. The van der Waals surface area contributed by atoms with E-state index in [1.165, 1.54) is 22.0 Å². The topological polar surface area (TPSA) is 288 Å². The second-order valence-electron chi connectivity index (χ2n) is 13.9. The third-order valence-electron chi connectivity index (χ3n) is 10.5. The summed E-state index contributed by atoms with van der Waals surface area (Å²) in [4.78, 5) is 101. The van der Waals surface area contributed by atoms with E-state index in [9.17, 15) is 58.4 Å². The van der Waals surface area contributed by atoms with Crippen molar-refractivity contribution in [3.8, 4) is 11.5 Å². The minimum atomic E-state index is -1.94. The van der Waals surface area contributed by atoms with Crippen molar-refractivity contribution in [2.75, 3.05) is 38.5 Å². The van der Waals surface area contributed by atoms with Gasteiger partial charge in [-0.25, -0.2) is 19.0 Å². The number of thiazole rings is 1. The van der Waals surface area contributed by atoms with Gasteiger partial charge in [0.15, 0.2) is 33.9 Å². The molecule has 2 amide bonds. The number of benzene rings is 1. The van der Waals surface area contributed by atoms with Crippen LogP contribution in [-0.2, 0) is 33.6 Å². The Bertz CT molecular complexity index is 2070. The SMILES string of the molecule is C[C@@H]1S[C@@H]2[C@H](CC(=O)/C(=N\O[C@@H](CC(=O)O)C(=O)O)c3csc(N)n3)C(=O)N2C(C(=O)O)=C1C[N+]12CCC(CC1)N(C(=O)C(=O)c1cc(O)c(O)c(F)c1)CC2. The summed E-state index contributed by atoms with van der Waals surface area (Å²) in [6, 6.07) is 1.17. The van der Waals surface area contributed by atoms with E-state index in [1.807, 2.05) is 0 Å². The van der Waals surface area contributed by atoms with Gasteiger partial charge in [-0.1, -0.05) is 5.16 Å². The minimum Gasteiger partial charge on any atom is -0.504 e. The molecule has 22 heteroatoms. The van der Waals surface area contributed by atoms with Gasteiger partial charge in [-0.3, -0.25) is 28.9 Å². The van der Waals surface area contributed by atoms with Crippen LogP contribution in [0.4, 0.5) is 9.52 Å². The molecule has 7 N–H and O–H groups in total. The molecule has 56 heavy (non-hydrogen) atoms. The number of thioether (sulfide) groups is 1. The molecule has 1 aromatic carbocycles. The number of quaternary nitrogens is 1. The number of rotatable bonds is 14. The molecule has 1 aromatic heterocycles. The fraction of sp³-hybridized carbons (Fsp3) is 0.441.